The number of rotatable bonds is 7. The van der Waals surface area contributed by atoms with E-state index >= 15 is 0 Å². The molecule has 144 valence electrons. The van der Waals surface area contributed by atoms with Gasteiger partial charge in [0, 0.05) is 5.69 Å². The van der Waals surface area contributed by atoms with E-state index in [4.69, 9.17) is 18.9 Å². The van der Waals surface area contributed by atoms with Crippen molar-refractivity contribution in [2.45, 2.75) is 6.92 Å². The second-order valence-corrected chi connectivity index (χ2v) is 6.29. The first-order valence-corrected chi connectivity index (χ1v) is 8.72. The summed E-state index contributed by atoms with van der Waals surface area (Å²) >= 11 is 3.30. The number of carbonyl (C=O) groups excluding carboxylic acids is 2. The highest BCUT2D eigenvalue weighted by Crippen LogP contribution is 2.44. The molecule has 0 fully saturated rings. The van der Waals surface area contributed by atoms with Gasteiger partial charge in [0.1, 0.15) is 0 Å². The van der Waals surface area contributed by atoms with Crippen molar-refractivity contribution in [1.29, 1.82) is 0 Å². The van der Waals surface area contributed by atoms with Gasteiger partial charge in [0.2, 0.25) is 5.75 Å². The fourth-order valence-electron chi connectivity index (χ4n) is 2.31. The molecular formula is C19H20BrNO6. The van der Waals surface area contributed by atoms with E-state index in [1.165, 1.54) is 27.4 Å². The number of aryl methyl sites for hydroxylation is 1. The summed E-state index contributed by atoms with van der Waals surface area (Å²) in [6, 6.07) is 8.73. The molecule has 2 rings (SSSR count). The molecule has 0 aromatic heterocycles. The minimum atomic E-state index is -0.708. The number of halogens is 1. The van der Waals surface area contributed by atoms with Gasteiger partial charge in [-0.1, -0.05) is 17.7 Å². The number of anilines is 1. The van der Waals surface area contributed by atoms with Crippen molar-refractivity contribution in [3.63, 3.8) is 0 Å². The lowest BCUT2D eigenvalue weighted by molar-refractivity contribution is -0.119. The Morgan fingerprint density at radius 2 is 1.63 bits per heavy atom. The van der Waals surface area contributed by atoms with Gasteiger partial charge in [0.05, 0.1) is 31.4 Å². The summed E-state index contributed by atoms with van der Waals surface area (Å²) in [4.78, 5) is 24.4. The van der Waals surface area contributed by atoms with Crippen LogP contribution in [0.3, 0.4) is 0 Å². The van der Waals surface area contributed by atoms with Crippen LogP contribution in [0.5, 0.6) is 17.2 Å². The molecule has 0 heterocycles. The lowest BCUT2D eigenvalue weighted by Crippen LogP contribution is -2.21. The third kappa shape index (κ3) is 4.91. The molecule has 0 saturated heterocycles. The van der Waals surface area contributed by atoms with Crippen molar-refractivity contribution in [3.8, 4) is 17.2 Å². The third-order valence-electron chi connectivity index (χ3n) is 3.66. The number of methoxy groups -OCH3 is 3. The zero-order chi connectivity index (χ0) is 20.0. The van der Waals surface area contributed by atoms with Crippen LogP contribution in [0.2, 0.25) is 0 Å². The first-order chi connectivity index (χ1) is 12.9. The van der Waals surface area contributed by atoms with E-state index in [1.807, 2.05) is 19.1 Å². The zero-order valence-electron chi connectivity index (χ0n) is 15.4. The number of esters is 1. The highest BCUT2D eigenvalue weighted by molar-refractivity contribution is 9.10. The normalized spacial score (nSPS) is 10.1. The number of hydrogen-bond donors (Lipinski definition) is 1. The van der Waals surface area contributed by atoms with Gasteiger partial charge in [0.25, 0.3) is 5.91 Å². The number of carbonyl (C=O) groups is 2. The van der Waals surface area contributed by atoms with Gasteiger partial charge in [0.15, 0.2) is 18.1 Å². The monoisotopic (exact) mass is 437 g/mol. The average Bonchev–Trinajstić information content (AvgIpc) is 2.67. The van der Waals surface area contributed by atoms with E-state index in [0.29, 0.717) is 21.7 Å². The average molecular weight is 438 g/mol. The quantitative estimate of drug-likeness (QED) is 0.666. The van der Waals surface area contributed by atoms with Gasteiger partial charge >= 0.3 is 5.97 Å². The molecule has 0 radical (unpaired) electrons. The van der Waals surface area contributed by atoms with Crippen molar-refractivity contribution in [2.75, 3.05) is 33.3 Å². The Kier molecular flexibility index (Phi) is 7.06. The summed E-state index contributed by atoms with van der Waals surface area (Å²) in [5.41, 5.74) is 1.84. The second kappa shape index (κ2) is 9.27. The molecule has 0 saturated carbocycles. The summed E-state index contributed by atoms with van der Waals surface area (Å²) < 4.78 is 21.2. The van der Waals surface area contributed by atoms with Crippen LogP contribution in [-0.2, 0) is 9.53 Å². The van der Waals surface area contributed by atoms with Crippen LogP contribution in [-0.4, -0.2) is 39.8 Å². The van der Waals surface area contributed by atoms with Crippen LogP contribution >= 0.6 is 15.9 Å². The number of ether oxygens (including phenoxy) is 4. The maximum Gasteiger partial charge on any atom is 0.340 e. The molecule has 0 aliphatic carbocycles. The highest BCUT2D eigenvalue weighted by Gasteiger charge is 2.24. The van der Waals surface area contributed by atoms with Gasteiger partial charge in [-0.2, -0.15) is 0 Å². The van der Waals surface area contributed by atoms with Crippen molar-refractivity contribution in [1.82, 2.24) is 0 Å². The molecule has 0 spiro atoms. The molecule has 0 aliphatic rings. The zero-order valence-corrected chi connectivity index (χ0v) is 17.0. The molecule has 2 aromatic carbocycles. The summed E-state index contributed by atoms with van der Waals surface area (Å²) in [6.07, 6.45) is 0. The SMILES string of the molecule is COc1cc(C(=O)OCC(=O)Nc2ccc(C)cc2)c(Br)c(OC)c1OC. The highest BCUT2D eigenvalue weighted by atomic mass is 79.9. The summed E-state index contributed by atoms with van der Waals surface area (Å²) in [6.45, 7) is 1.51. The minimum absolute atomic E-state index is 0.146. The van der Waals surface area contributed by atoms with Crippen molar-refractivity contribution in [2.24, 2.45) is 0 Å². The number of amides is 1. The number of hydrogen-bond acceptors (Lipinski definition) is 6. The standard InChI is InChI=1S/C19H20BrNO6/c1-11-5-7-12(8-6-11)21-15(22)10-27-19(23)13-9-14(24-2)17(25-3)18(26-4)16(13)20/h5-9H,10H2,1-4H3,(H,21,22). The largest absolute Gasteiger partial charge is 0.493 e. The summed E-state index contributed by atoms with van der Waals surface area (Å²) in [7, 11) is 4.34. The van der Waals surface area contributed by atoms with E-state index in [1.54, 1.807) is 12.1 Å². The molecule has 0 unspecified atom stereocenters. The maximum atomic E-state index is 12.4. The van der Waals surface area contributed by atoms with E-state index in [2.05, 4.69) is 21.2 Å². The maximum absolute atomic E-state index is 12.4. The van der Waals surface area contributed by atoms with E-state index < -0.39 is 18.5 Å². The predicted molar refractivity (Wildman–Crippen MR) is 104 cm³/mol. The Morgan fingerprint density at radius 1 is 1.00 bits per heavy atom. The molecule has 2 aromatic rings. The molecule has 1 N–H and O–H groups in total. The van der Waals surface area contributed by atoms with Crippen molar-refractivity contribution < 1.29 is 28.5 Å². The van der Waals surface area contributed by atoms with E-state index in [0.717, 1.165) is 5.56 Å². The first kappa shape index (κ1) is 20.6. The third-order valence-corrected chi connectivity index (χ3v) is 4.45. The van der Waals surface area contributed by atoms with Gasteiger partial charge in [-0.3, -0.25) is 4.79 Å². The summed E-state index contributed by atoms with van der Waals surface area (Å²) in [5, 5.41) is 2.66. The molecule has 1 amide bonds. The molecular weight excluding hydrogens is 418 g/mol. The Labute approximate surface area is 165 Å². The van der Waals surface area contributed by atoms with Crippen molar-refractivity contribution in [3.05, 3.63) is 45.9 Å². The van der Waals surface area contributed by atoms with Crippen LogP contribution in [0, 0.1) is 6.92 Å². The van der Waals surface area contributed by atoms with Crippen LogP contribution in [0.1, 0.15) is 15.9 Å². The fraction of sp³-hybridized carbons (Fsp3) is 0.263. The van der Waals surface area contributed by atoms with Gasteiger partial charge in [-0.05, 0) is 41.1 Å². The number of nitrogens with one attached hydrogen (secondary N) is 1. The fourth-order valence-corrected chi connectivity index (χ4v) is 2.93. The Morgan fingerprint density at radius 3 is 2.19 bits per heavy atom. The smallest absolute Gasteiger partial charge is 0.340 e. The first-order valence-electron chi connectivity index (χ1n) is 7.93. The van der Waals surface area contributed by atoms with Crippen LogP contribution in [0.4, 0.5) is 5.69 Å². The lowest BCUT2D eigenvalue weighted by Gasteiger charge is -2.16. The molecule has 27 heavy (non-hydrogen) atoms. The van der Waals surface area contributed by atoms with Crippen LogP contribution < -0.4 is 19.5 Å². The topological polar surface area (TPSA) is 83.1 Å². The molecule has 0 aliphatic heterocycles. The van der Waals surface area contributed by atoms with Gasteiger partial charge < -0.3 is 24.3 Å². The van der Waals surface area contributed by atoms with Gasteiger partial charge in [-0.15, -0.1) is 0 Å². The Balaban J connectivity index is 2.11. The molecule has 0 atom stereocenters. The van der Waals surface area contributed by atoms with E-state index in [9.17, 15) is 9.59 Å². The Hall–Kier alpha value is -2.74. The van der Waals surface area contributed by atoms with Crippen LogP contribution in [0.25, 0.3) is 0 Å². The van der Waals surface area contributed by atoms with Crippen LogP contribution in [0.15, 0.2) is 34.8 Å². The molecule has 0 bridgehead atoms. The summed E-state index contributed by atoms with van der Waals surface area (Å²) in [5.74, 6) is -0.238. The van der Waals surface area contributed by atoms with E-state index in [-0.39, 0.29) is 11.3 Å². The Bertz CT molecular complexity index is 835. The second-order valence-electron chi connectivity index (χ2n) is 5.50. The molecule has 7 nitrogen and oxygen atoms in total. The minimum Gasteiger partial charge on any atom is -0.493 e. The van der Waals surface area contributed by atoms with Gasteiger partial charge in [-0.25, -0.2) is 4.79 Å². The number of benzene rings is 2. The van der Waals surface area contributed by atoms with Crippen molar-refractivity contribution >= 4 is 33.5 Å². The predicted octanol–water partition coefficient (Wildman–Crippen LogP) is 3.58. The lowest BCUT2D eigenvalue weighted by atomic mass is 10.2. The molecule has 8 heteroatoms.